The lowest BCUT2D eigenvalue weighted by Crippen LogP contribution is -2.52. The summed E-state index contributed by atoms with van der Waals surface area (Å²) in [5.74, 6) is 1.45. The van der Waals surface area contributed by atoms with Crippen LogP contribution in [0.25, 0.3) is 0 Å². The number of nitrogens with one attached hydrogen (secondary N) is 1. The third-order valence-corrected chi connectivity index (χ3v) is 4.17. The normalized spacial score (nSPS) is 36.1. The van der Waals surface area contributed by atoms with Crippen LogP contribution in [0.2, 0.25) is 0 Å². The average Bonchev–Trinajstić information content (AvgIpc) is 3.10. The maximum atomic E-state index is 9.46. The summed E-state index contributed by atoms with van der Waals surface area (Å²) in [5, 5.41) is 13.1. The Labute approximate surface area is 93.0 Å². The Morgan fingerprint density at radius 2 is 2.13 bits per heavy atom. The largest absolute Gasteiger partial charge is 0.299 e. The van der Waals surface area contributed by atoms with E-state index >= 15 is 0 Å². The van der Waals surface area contributed by atoms with Crippen LogP contribution in [0.1, 0.15) is 51.9 Å². The fourth-order valence-corrected chi connectivity index (χ4v) is 2.87. The van der Waals surface area contributed by atoms with Crippen molar-refractivity contribution < 1.29 is 0 Å². The summed E-state index contributed by atoms with van der Waals surface area (Å²) in [4.78, 5) is 0. The topological polar surface area (TPSA) is 35.8 Å². The van der Waals surface area contributed by atoms with Gasteiger partial charge in [0.1, 0.15) is 5.54 Å². The summed E-state index contributed by atoms with van der Waals surface area (Å²) < 4.78 is 0. The van der Waals surface area contributed by atoms with Gasteiger partial charge in [-0.3, -0.25) is 5.32 Å². The molecular weight excluding hydrogens is 184 g/mol. The summed E-state index contributed by atoms with van der Waals surface area (Å²) in [6, 6.07) is 2.59. The Kier molecular flexibility index (Phi) is 3.31. The lowest BCUT2D eigenvalue weighted by Gasteiger charge is -2.39. The monoisotopic (exact) mass is 206 g/mol. The van der Waals surface area contributed by atoms with Gasteiger partial charge in [0, 0.05) is 0 Å². The van der Waals surface area contributed by atoms with E-state index in [1.54, 1.807) is 0 Å². The van der Waals surface area contributed by atoms with Gasteiger partial charge < -0.3 is 0 Å². The van der Waals surface area contributed by atoms with Gasteiger partial charge in [-0.25, -0.2) is 0 Å². The Morgan fingerprint density at radius 3 is 2.73 bits per heavy atom. The fraction of sp³-hybridized carbons (Fsp3) is 0.923. The van der Waals surface area contributed by atoms with Crippen molar-refractivity contribution in [2.24, 2.45) is 11.8 Å². The molecular formula is C13H22N2. The van der Waals surface area contributed by atoms with Gasteiger partial charge in [-0.2, -0.15) is 5.26 Å². The van der Waals surface area contributed by atoms with Gasteiger partial charge in [0.05, 0.1) is 6.07 Å². The molecule has 2 heteroatoms. The molecule has 2 aliphatic carbocycles. The van der Waals surface area contributed by atoms with Gasteiger partial charge in [0.2, 0.25) is 0 Å². The van der Waals surface area contributed by atoms with Crippen LogP contribution in [0.5, 0.6) is 0 Å². The highest BCUT2D eigenvalue weighted by Gasteiger charge is 2.40. The van der Waals surface area contributed by atoms with Crippen LogP contribution in [0.3, 0.4) is 0 Å². The Bertz CT molecular complexity index is 252. The second-order valence-corrected chi connectivity index (χ2v) is 5.26. The van der Waals surface area contributed by atoms with Gasteiger partial charge in [-0.05, 0) is 44.1 Å². The fourth-order valence-electron chi connectivity index (χ4n) is 2.87. The molecule has 2 aliphatic rings. The minimum atomic E-state index is -0.185. The number of hydrogen-bond donors (Lipinski definition) is 1. The molecule has 0 spiro atoms. The highest BCUT2D eigenvalue weighted by Crippen LogP contribution is 2.37. The maximum absolute atomic E-state index is 9.46. The number of rotatable bonds is 4. The third kappa shape index (κ3) is 2.34. The van der Waals surface area contributed by atoms with Crippen molar-refractivity contribution in [3.8, 4) is 6.07 Å². The smallest absolute Gasteiger partial charge is 0.109 e. The highest BCUT2D eigenvalue weighted by atomic mass is 15.0. The van der Waals surface area contributed by atoms with Crippen LogP contribution in [-0.2, 0) is 0 Å². The third-order valence-electron chi connectivity index (χ3n) is 4.17. The summed E-state index contributed by atoms with van der Waals surface area (Å²) in [6.07, 6.45) is 8.72. The van der Waals surface area contributed by atoms with Crippen molar-refractivity contribution in [3.63, 3.8) is 0 Å². The van der Waals surface area contributed by atoms with Gasteiger partial charge in [-0.1, -0.05) is 26.2 Å². The van der Waals surface area contributed by atoms with Crippen molar-refractivity contribution in [1.29, 1.82) is 5.26 Å². The minimum absolute atomic E-state index is 0.185. The van der Waals surface area contributed by atoms with Crippen LogP contribution >= 0.6 is 0 Å². The van der Waals surface area contributed by atoms with E-state index in [9.17, 15) is 5.26 Å². The molecule has 0 aromatic heterocycles. The standard InChI is InChI=1S/C13H22N2/c1-2-12-5-3-4-8-13(12,10-14)15-9-11-6-7-11/h11-12,15H,2-9H2,1H3. The molecule has 0 aliphatic heterocycles. The van der Waals surface area contributed by atoms with Crippen LogP contribution in [-0.4, -0.2) is 12.1 Å². The molecule has 0 saturated heterocycles. The lowest BCUT2D eigenvalue weighted by atomic mass is 9.72. The molecule has 0 amide bonds. The average molecular weight is 206 g/mol. The molecule has 15 heavy (non-hydrogen) atoms. The molecule has 84 valence electrons. The molecule has 0 heterocycles. The van der Waals surface area contributed by atoms with Crippen molar-refractivity contribution >= 4 is 0 Å². The van der Waals surface area contributed by atoms with Crippen LogP contribution < -0.4 is 5.32 Å². The number of hydrogen-bond acceptors (Lipinski definition) is 2. The number of nitrogens with zero attached hydrogens (tertiary/aromatic N) is 1. The zero-order valence-corrected chi connectivity index (χ0v) is 9.76. The Morgan fingerprint density at radius 1 is 1.33 bits per heavy atom. The van der Waals surface area contributed by atoms with Gasteiger partial charge in [0.15, 0.2) is 0 Å². The highest BCUT2D eigenvalue weighted by molar-refractivity contribution is 5.12. The van der Waals surface area contributed by atoms with E-state index in [2.05, 4.69) is 18.3 Å². The van der Waals surface area contributed by atoms with E-state index in [-0.39, 0.29) is 5.54 Å². The molecule has 0 aromatic rings. The van der Waals surface area contributed by atoms with E-state index in [1.807, 2.05) is 0 Å². The summed E-state index contributed by atoms with van der Waals surface area (Å²) in [7, 11) is 0. The van der Waals surface area contributed by atoms with Crippen LogP contribution in [0.15, 0.2) is 0 Å². The van der Waals surface area contributed by atoms with Gasteiger partial charge in [0.25, 0.3) is 0 Å². The summed E-state index contributed by atoms with van der Waals surface area (Å²) in [5.41, 5.74) is -0.185. The SMILES string of the molecule is CCC1CCCCC1(C#N)NCC1CC1. The maximum Gasteiger partial charge on any atom is 0.109 e. The molecule has 0 aromatic carbocycles. The van der Waals surface area contributed by atoms with E-state index in [1.165, 1.54) is 32.1 Å². The quantitative estimate of drug-likeness (QED) is 0.767. The first-order valence-corrected chi connectivity index (χ1v) is 6.47. The van der Waals surface area contributed by atoms with Crippen molar-refractivity contribution in [1.82, 2.24) is 5.32 Å². The van der Waals surface area contributed by atoms with Crippen LogP contribution in [0.4, 0.5) is 0 Å². The second kappa shape index (κ2) is 4.53. The molecule has 0 bridgehead atoms. The van der Waals surface area contributed by atoms with Crippen LogP contribution in [0, 0.1) is 23.2 Å². The Hall–Kier alpha value is -0.550. The molecule has 2 saturated carbocycles. The zero-order chi connectivity index (χ0) is 10.7. The van der Waals surface area contributed by atoms with E-state index < -0.39 is 0 Å². The molecule has 2 rings (SSSR count). The van der Waals surface area contributed by atoms with E-state index in [0.717, 1.165) is 25.3 Å². The predicted molar refractivity (Wildman–Crippen MR) is 61.3 cm³/mol. The van der Waals surface area contributed by atoms with Gasteiger partial charge >= 0.3 is 0 Å². The molecule has 1 N–H and O–H groups in total. The zero-order valence-electron chi connectivity index (χ0n) is 9.76. The van der Waals surface area contributed by atoms with E-state index in [4.69, 9.17) is 0 Å². The molecule has 2 unspecified atom stereocenters. The molecule has 0 radical (unpaired) electrons. The van der Waals surface area contributed by atoms with Crippen molar-refractivity contribution in [3.05, 3.63) is 0 Å². The lowest BCUT2D eigenvalue weighted by molar-refractivity contribution is 0.189. The van der Waals surface area contributed by atoms with E-state index in [0.29, 0.717) is 5.92 Å². The number of nitriles is 1. The molecule has 2 fully saturated rings. The van der Waals surface area contributed by atoms with Gasteiger partial charge in [-0.15, -0.1) is 0 Å². The van der Waals surface area contributed by atoms with Crippen molar-refractivity contribution in [2.75, 3.05) is 6.54 Å². The molecule has 2 atom stereocenters. The first kappa shape index (κ1) is 11.0. The second-order valence-electron chi connectivity index (χ2n) is 5.26. The molecule has 2 nitrogen and oxygen atoms in total. The summed E-state index contributed by atoms with van der Waals surface area (Å²) in [6.45, 7) is 3.30. The minimum Gasteiger partial charge on any atom is -0.299 e. The van der Waals surface area contributed by atoms with Crippen molar-refractivity contribution in [2.45, 2.75) is 57.4 Å². The summed E-state index contributed by atoms with van der Waals surface area (Å²) >= 11 is 0. The first-order chi connectivity index (χ1) is 7.30. The first-order valence-electron chi connectivity index (χ1n) is 6.47. The Balaban J connectivity index is 1.98. The predicted octanol–water partition coefficient (Wildman–Crippen LogP) is 2.85.